The number of hydrogen-bond donors (Lipinski definition) is 1. The minimum Gasteiger partial charge on any atom is -0.465 e. The van der Waals surface area contributed by atoms with E-state index < -0.39 is 11.5 Å². The number of aromatic nitrogens is 1. The van der Waals surface area contributed by atoms with E-state index in [0.717, 1.165) is 31.4 Å². The fraction of sp³-hybridized carbons (Fsp3) is 0.208. The Morgan fingerprint density at radius 2 is 2.12 bits per heavy atom. The van der Waals surface area contributed by atoms with Crippen molar-refractivity contribution in [2.24, 2.45) is 0 Å². The second-order valence-corrected chi connectivity index (χ2v) is 8.88. The molecule has 1 aliphatic rings. The maximum absolute atomic E-state index is 12.1. The number of nitrogens with zero attached hydrogens (tertiary/aromatic N) is 3. The number of thiazole rings is 1. The number of para-hydroxylation sites is 1. The zero-order chi connectivity index (χ0) is 23.4. The number of halogens is 1. The first-order valence-corrected chi connectivity index (χ1v) is 11.5. The van der Waals surface area contributed by atoms with Crippen LogP contribution in [0.3, 0.4) is 0 Å². The number of amides is 2. The van der Waals surface area contributed by atoms with E-state index in [1.807, 2.05) is 30.3 Å². The van der Waals surface area contributed by atoms with Gasteiger partial charge in [-0.05, 0) is 54.3 Å². The standard InChI is InChI=1S/C24H22ClN3O4S/c1-2-12-32-28(23(25)29)19-7-5-6-16(14-19)13-18-11-10-17(15-27(18)24(30)31)22-26-20-8-3-4-9-21(20)33-22/h2-10,14,18H,1,11-13,15H2,(H,30,31). The highest BCUT2D eigenvalue weighted by atomic mass is 35.5. The maximum atomic E-state index is 12.1. The third-order valence-corrected chi connectivity index (χ3v) is 6.60. The lowest BCUT2D eigenvalue weighted by Crippen LogP contribution is -2.43. The van der Waals surface area contributed by atoms with Crippen molar-refractivity contribution in [1.29, 1.82) is 0 Å². The molecule has 33 heavy (non-hydrogen) atoms. The van der Waals surface area contributed by atoms with Crippen molar-refractivity contribution in [3.63, 3.8) is 0 Å². The molecule has 0 aliphatic carbocycles. The average Bonchev–Trinajstić information content (AvgIpc) is 3.24. The van der Waals surface area contributed by atoms with Crippen LogP contribution in [0.5, 0.6) is 0 Å². The molecule has 4 rings (SSSR count). The Balaban J connectivity index is 1.55. The molecule has 2 aromatic carbocycles. The molecule has 1 unspecified atom stereocenters. The van der Waals surface area contributed by atoms with Gasteiger partial charge in [-0.1, -0.05) is 36.4 Å². The van der Waals surface area contributed by atoms with Crippen LogP contribution in [0.15, 0.2) is 67.3 Å². The highest BCUT2D eigenvalue weighted by Crippen LogP contribution is 2.32. The van der Waals surface area contributed by atoms with Gasteiger partial charge in [-0.2, -0.15) is 5.06 Å². The molecule has 2 amide bonds. The fourth-order valence-electron chi connectivity index (χ4n) is 3.80. The minimum absolute atomic E-state index is 0.122. The van der Waals surface area contributed by atoms with Crippen LogP contribution in [0, 0.1) is 0 Å². The molecule has 1 aromatic heterocycles. The van der Waals surface area contributed by atoms with Gasteiger partial charge in [-0.3, -0.25) is 9.63 Å². The summed E-state index contributed by atoms with van der Waals surface area (Å²) in [7, 11) is 0. The number of anilines is 1. The topological polar surface area (TPSA) is 83.0 Å². The first-order valence-electron chi connectivity index (χ1n) is 10.3. The second-order valence-electron chi connectivity index (χ2n) is 7.52. The number of rotatable bonds is 7. The lowest BCUT2D eigenvalue weighted by atomic mass is 9.96. The summed E-state index contributed by atoms with van der Waals surface area (Å²) in [5, 5.41) is 10.9. The van der Waals surface area contributed by atoms with Crippen molar-refractivity contribution >= 4 is 55.9 Å². The number of carbonyl (C=O) groups is 2. The van der Waals surface area contributed by atoms with E-state index in [-0.39, 0.29) is 19.2 Å². The number of hydrogen-bond acceptors (Lipinski definition) is 5. The van der Waals surface area contributed by atoms with Crippen LogP contribution in [0.1, 0.15) is 17.0 Å². The molecular formula is C24H22ClN3O4S. The second kappa shape index (κ2) is 10.2. The molecule has 7 nitrogen and oxygen atoms in total. The number of fused-ring (bicyclic) bond motifs is 1. The quantitative estimate of drug-likeness (QED) is 0.194. The molecule has 2 heterocycles. The van der Waals surface area contributed by atoms with Crippen molar-refractivity contribution in [2.75, 3.05) is 18.2 Å². The van der Waals surface area contributed by atoms with Gasteiger partial charge in [0.1, 0.15) is 5.01 Å². The molecule has 170 valence electrons. The molecule has 0 fully saturated rings. The Morgan fingerprint density at radius 3 is 2.85 bits per heavy atom. The van der Waals surface area contributed by atoms with Crippen LogP contribution < -0.4 is 5.06 Å². The first kappa shape index (κ1) is 23.0. The molecule has 0 saturated heterocycles. The summed E-state index contributed by atoms with van der Waals surface area (Å²) < 4.78 is 1.08. The van der Waals surface area contributed by atoms with E-state index in [2.05, 4.69) is 17.6 Å². The van der Waals surface area contributed by atoms with Crippen molar-refractivity contribution in [3.05, 3.63) is 77.8 Å². The van der Waals surface area contributed by atoms with Gasteiger partial charge in [0, 0.05) is 11.6 Å². The summed E-state index contributed by atoms with van der Waals surface area (Å²) in [6, 6.07) is 14.8. The first-order chi connectivity index (χ1) is 16.0. The van der Waals surface area contributed by atoms with Gasteiger partial charge in [0.2, 0.25) is 0 Å². The van der Waals surface area contributed by atoms with Crippen LogP contribution >= 0.6 is 22.9 Å². The van der Waals surface area contributed by atoms with Gasteiger partial charge in [-0.15, -0.1) is 17.9 Å². The summed E-state index contributed by atoms with van der Waals surface area (Å²) in [6.07, 6.45) is 3.66. The van der Waals surface area contributed by atoms with Gasteiger partial charge in [0.25, 0.3) is 0 Å². The predicted molar refractivity (Wildman–Crippen MR) is 131 cm³/mol. The summed E-state index contributed by atoms with van der Waals surface area (Å²) in [4.78, 5) is 35.3. The lowest BCUT2D eigenvalue weighted by Gasteiger charge is -2.33. The molecule has 1 aliphatic heterocycles. The zero-order valence-electron chi connectivity index (χ0n) is 17.7. The fourth-order valence-corrected chi connectivity index (χ4v) is 4.94. The number of carboxylic acid groups (broad SMARTS) is 1. The van der Waals surface area contributed by atoms with Crippen LogP contribution in [0.4, 0.5) is 15.3 Å². The lowest BCUT2D eigenvalue weighted by molar-refractivity contribution is 0.129. The van der Waals surface area contributed by atoms with Gasteiger partial charge in [-0.25, -0.2) is 9.78 Å². The van der Waals surface area contributed by atoms with Gasteiger partial charge >= 0.3 is 11.5 Å². The Kier molecular flexibility index (Phi) is 7.08. The monoisotopic (exact) mass is 483 g/mol. The van der Waals surface area contributed by atoms with Gasteiger partial charge in [0.05, 0.1) is 29.1 Å². The SMILES string of the molecule is C=CCON(C(=O)Cl)c1cccc(CC2CC=C(c3nc4ccccc4s3)CN2C(=O)O)c1. The number of carbonyl (C=O) groups excluding carboxylic acids is 1. The summed E-state index contributed by atoms with van der Waals surface area (Å²) in [5.41, 5.74) is 3.17. The summed E-state index contributed by atoms with van der Waals surface area (Å²) in [6.45, 7) is 3.96. The maximum Gasteiger partial charge on any atom is 0.407 e. The van der Waals surface area contributed by atoms with E-state index in [1.54, 1.807) is 29.5 Å². The third-order valence-electron chi connectivity index (χ3n) is 5.33. The van der Waals surface area contributed by atoms with Crippen LogP contribution in [-0.4, -0.2) is 45.6 Å². The summed E-state index contributed by atoms with van der Waals surface area (Å²) >= 11 is 7.22. The van der Waals surface area contributed by atoms with Crippen molar-refractivity contribution < 1.29 is 19.5 Å². The molecule has 0 bridgehead atoms. The van der Waals surface area contributed by atoms with E-state index in [9.17, 15) is 14.7 Å². The number of hydroxylamine groups is 1. The zero-order valence-corrected chi connectivity index (χ0v) is 19.3. The molecule has 0 saturated carbocycles. The Morgan fingerprint density at radius 1 is 1.30 bits per heavy atom. The Bertz CT molecular complexity index is 1190. The minimum atomic E-state index is -0.977. The molecule has 3 aromatic rings. The molecule has 0 radical (unpaired) electrons. The van der Waals surface area contributed by atoms with E-state index in [0.29, 0.717) is 18.5 Å². The summed E-state index contributed by atoms with van der Waals surface area (Å²) in [5.74, 6) is 0. The molecular weight excluding hydrogens is 462 g/mol. The third kappa shape index (κ3) is 5.24. The molecule has 9 heteroatoms. The van der Waals surface area contributed by atoms with Crippen molar-refractivity contribution in [1.82, 2.24) is 9.88 Å². The van der Waals surface area contributed by atoms with Gasteiger partial charge in [0.15, 0.2) is 0 Å². The Labute approximate surface area is 200 Å². The van der Waals surface area contributed by atoms with E-state index >= 15 is 0 Å². The normalized spacial score (nSPS) is 15.8. The smallest absolute Gasteiger partial charge is 0.407 e. The average molecular weight is 484 g/mol. The van der Waals surface area contributed by atoms with Gasteiger partial charge < -0.3 is 10.0 Å². The predicted octanol–water partition coefficient (Wildman–Crippen LogP) is 5.96. The molecule has 0 spiro atoms. The highest BCUT2D eigenvalue weighted by molar-refractivity contribution is 7.19. The van der Waals surface area contributed by atoms with Crippen LogP contribution in [0.25, 0.3) is 15.8 Å². The largest absolute Gasteiger partial charge is 0.465 e. The van der Waals surface area contributed by atoms with E-state index in [4.69, 9.17) is 16.4 Å². The van der Waals surface area contributed by atoms with Crippen molar-refractivity contribution in [3.8, 4) is 0 Å². The molecule has 1 N–H and O–H groups in total. The Hall–Kier alpha value is -3.20. The number of benzene rings is 2. The highest BCUT2D eigenvalue weighted by Gasteiger charge is 2.29. The van der Waals surface area contributed by atoms with E-state index in [1.165, 1.54) is 11.0 Å². The molecule has 1 atom stereocenters. The van der Waals surface area contributed by atoms with Crippen LogP contribution in [0.2, 0.25) is 0 Å². The van der Waals surface area contributed by atoms with Crippen molar-refractivity contribution in [2.45, 2.75) is 18.9 Å². The van der Waals surface area contributed by atoms with Crippen LogP contribution in [-0.2, 0) is 11.3 Å².